The van der Waals surface area contributed by atoms with Crippen LogP contribution in [0.25, 0.3) is 0 Å². The monoisotopic (exact) mass is 342 g/mol. The number of fused-ring (bicyclic) bond motifs is 2. The number of nitrogens with one attached hydrogen (secondary N) is 1. The van der Waals surface area contributed by atoms with Crippen molar-refractivity contribution in [3.63, 3.8) is 0 Å². The van der Waals surface area contributed by atoms with Crippen LogP contribution in [0.3, 0.4) is 0 Å². The highest BCUT2D eigenvalue weighted by atomic mass is 16.2. The molecule has 2 amide bonds. The van der Waals surface area contributed by atoms with E-state index in [9.17, 15) is 9.59 Å². The van der Waals surface area contributed by atoms with Crippen molar-refractivity contribution >= 4 is 17.5 Å². The average molecular weight is 342 g/mol. The Hall–Kier alpha value is -1.84. The zero-order chi connectivity index (χ0) is 18.1. The summed E-state index contributed by atoms with van der Waals surface area (Å²) in [6.07, 6.45) is 5.77. The van der Waals surface area contributed by atoms with Gasteiger partial charge >= 0.3 is 0 Å². The summed E-state index contributed by atoms with van der Waals surface area (Å²) < 4.78 is 0. The summed E-state index contributed by atoms with van der Waals surface area (Å²) in [5.41, 5.74) is 4.17. The third-order valence-electron chi connectivity index (χ3n) is 6.07. The molecule has 0 radical (unpaired) electrons. The lowest BCUT2D eigenvalue weighted by atomic mass is 9.86. The summed E-state index contributed by atoms with van der Waals surface area (Å²) in [6, 6.07) is 4.12. The molecule has 2 aliphatic rings. The number of hydrogen-bond acceptors (Lipinski definition) is 2. The first kappa shape index (κ1) is 18.0. The molecule has 0 heterocycles. The summed E-state index contributed by atoms with van der Waals surface area (Å²) in [7, 11) is 1.74. The van der Waals surface area contributed by atoms with Crippen LogP contribution in [0.2, 0.25) is 0 Å². The van der Waals surface area contributed by atoms with E-state index in [1.807, 2.05) is 20.8 Å². The molecule has 3 atom stereocenters. The van der Waals surface area contributed by atoms with E-state index in [4.69, 9.17) is 0 Å². The van der Waals surface area contributed by atoms with Crippen molar-refractivity contribution in [3.8, 4) is 0 Å². The van der Waals surface area contributed by atoms with Crippen molar-refractivity contribution < 1.29 is 9.59 Å². The second-order valence-corrected chi connectivity index (χ2v) is 8.21. The number of amides is 2. The Kier molecular flexibility index (Phi) is 5.16. The van der Waals surface area contributed by atoms with E-state index in [0.29, 0.717) is 12.3 Å². The lowest BCUT2D eigenvalue weighted by Gasteiger charge is -2.24. The smallest absolute Gasteiger partial charge is 0.243 e. The number of hydrogen-bond donors (Lipinski definition) is 1. The van der Waals surface area contributed by atoms with Crippen LogP contribution in [0, 0.1) is 38.5 Å². The predicted octanol–water partition coefficient (Wildman–Crippen LogP) is 3.84. The predicted molar refractivity (Wildman–Crippen MR) is 100 cm³/mol. The van der Waals surface area contributed by atoms with Crippen LogP contribution in [-0.4, -0.2) is 30.3 Å². The second-order valence-electron chi connectivity index (χ2n) is 8.21. The number of nitrogens with zero attached hydrogens (tertiary/aromatic N) is 1. The number of anilines is 1. The Morgan fingerprint density at radius 1 is 1.12 bits per heavy atom. The van der Waals surface area contributed by atoms with Crippen LogP contribution >= 0.6 is 0 Å². The van der Waals surface area contributed by atoms with Gasteiger partial charge in [-0.1, -0.05) is 24.1 Å². The fraction of sp³-hybridized carbons (Fsp3) is 0.619. The van der Waals surface area contributed by atoms with E-state index in [1.54, 1.807) is 11.9 Å². The van der Waals surface area contributed by atoms with Gasteiger partial charge in [-0.2, -0.15) is 0 Å². The van der Waals surface area contributed by atoms with Gasteiger partial charge in [0.1, 0.15) is 0 Å². The Morgan fingerprint density at radius 3 is 2.36 bits per heavy atom. The molecule has 4 nitrogen and oxygen atoms in total. The Bertz CT molecular complexity index is 659. The molecule has 4 heteroatoms. The lowest BCUT2D eigenvalue weighted by molar-refractivity contribution is -0.134. The van der Waals surface area contributed by atoms with Crippen molar-refractivity contribution in [2.45, 2.75) is 52.9 Å². The van der Waals surface area contributed by atoms with Crippen molar-refractivity contribution in [2.75, 3.05) is 18.9 Å². The molecule has 0 unspecified atom stereocenters. The van der Waals surface area contributed by atoms with Crippen LogP contribution in [0.15, 0.2) is 12.1 Å². The fourth-order valence-electron chi connectivity index (χ4n) is 4.87. The topological polar surface area (TPSA) is 49.4 Å². The Balaban J connectivity index is 1.53. The van der Waals surface area contributed by atoms with Crippen LogP contribution in [0.1, 0.15) is 48.8 Å². The average Bonchev–Trinajstić information content (AvgIpc) is 3.13. The first-order valence-electron chi connectivity index (χ1n) is 9.45. The Labute approximate surface area is 151 Å². The largest absolute Gasteiger partial charge is 0.336 e. The molecule has 3 rings (SSSR count). The van der Waals surface area contributed by atoms with Crippen molar-refractivity contribution in [3.05, 3.63) is 28.8 Å². The molecular weight excluding hydrogens is 312 g/mol. The van der Waals surface area contributed by atoms with Gasteiger partial charge in [0, 0.05) is 19.2 Å². The number of aryl methyl sites for hydroxylation is 3. The minimum absolute atomic E-state index is 0.102. The molecule has 25 heavy (non-hydrogen) atoms. The van der Waals surface area contributed by atoms with Gasteiger partial charge < -0.3 is 10.2 Å². The van der Waals surface area contributed by atoms with Crippen LogP contribution in [-0.2, 0) is 9.59 Å². The van der Waals surface area contributed by atoms with Gasteiger partial charge in [-0.25, -0.2) is 0 Å². The molecule has 1 aromatic rings. The molecule has 2 saturated carbocycles. The molecule has 0 spiro atoms. The molecule has 0 aliphatic heterocycles. The van der Waals surface area contributed by atoms with E-state index in [1.165, 1.54) is 31.2 Å². The number of carbonyl (C=O) groups excluding carboxylic acids is 2. The molecule has 2 fully saturated rings. The summed E-state index contributed by atoms with van der Waals surface area (Å²) in [4.78, 5) is 26.4. The van der Waals surface area contributed by atoms with Gasteiger partial charge in [-0.3, -0.25) is 9.59 Å². The highest BCUT2D eigenvalue weighted by molar-refractivity contribution is 5.95. The first-order valence-corrected chi connectivity index (χ1v) is 9.45. The number of likely N-dealkylation sites (N-methyl/N-ethyl adjacent to an activating group) is 1. The molecule has 1 aromatic carbocycles. The van der Waals surface area contributed by atoms with E-state index in [-0.39, 0.29) is 18.4 Å². The number of benzene rings is 1. The SMILES string of the molecule is Cc1cc(C)c(NC(=O)CN(C)C(=O)C[C@@H]2C[C@@H]3CC[C@@H]2C3)c(C)c1. The molecule has 0 saturated heterocycles. The molecular formula is C21H30N2O2. The molecule has 0 aromatic heterocycles. The highest BCUT2D eigenvalue weighted by Crippen LogP contribution is 2.49. The Morgan fingerprint density at radius 2 is 1.80 bits per heavy atom. The van der Waals surface area contributed by atoms with Crippen molar-refractivity contribution in [2.24, 2.45) is 17.8 Å². The maximum absolute atomic E-state index is 12.5. The highest BCUT2D eigenvalue weighted by Gasteiger charge is 2.40. The van der Waals surface area contributed by atoms with Gasteiger partial charge in [0.15, 0.2) is 0 Å². The van der Waals surface area contributed by atoms with Gasteiger partial charge in [0.2, 0.25) is 11.8 Å². The maximum atomic E-state index is 12.5. The minimum atomic E-state index is -0.126. The van der Waals surface area contributed by atoms with Crippen LogP contribution < -0.4 is 5.32 Å². The van der Waals surface area contributed by atoms with Gasteiger partial charge in [-0.05, 0) is 68.9 Å². The molecule has 136 valence electrons. The summed E-state index contributed by atoms with van der Waals surface area (Å²) >= 11 is 0. The maximum Gasteiger partial charge on any atom is 0.243 e. The normalized spacial score (nSPS) is 24.4. The summed E-state index contributed by atoms with van der Waals surface area (Å²) in [5.74, 6) is 2.11. The molecule has 1 N–H and O–H groups in total. The van der Waals surface area contributed by atoms with Gasteiger partial charge in [0.25, 0.3) is 0 Å². The zero-order valence-corrected chi connectivity index (χ0v) is 15.9. The van der Waals surface area contributed by atoms with Crippen LogP contribution in [0.4, 0.5) is 5.69 Å². The van der Waals surface area contributed by atoms with E-state index in [0.717, 1.165) is 28.7 Å². The fourth-order valence-corrected chi connectivity index (χ4v) is 4.87. The number of rotatable bonds is 5. The lowest BCUT2D eigenvalue weighted by Crippen LogP contribution is -2.36. The summed E-state index contributed by atoms with van der Waals surface area (Å²) in [5, 5.41) is 2.98. The van der Waals surface area contributed by atoms with E-state index >= 15 is 0 Å². The summed E-state index contributed by atoms with van der Waals surface area (Å²) in [6.45, 7) is 6.17. The molecule has 2 aliphatic carbocycles. The van der Waals surface area contributed by atoms with Gasteiger partial charge in [-0.15, -0.1) is 0 Å². The van der Waals surface area contributed by atoms with Crippen molar-refractivity contribution in [1.29, 1.82) is 0 Å². The third-order valence-corrected chi connectivity index (χ3v) is 6.07. The quantitative estimate of drug-likeness (QED) is 0.884. The zero-order valence-electron chi connectivity index (χ0n) is 15.9. The third kappa shape index (κ3) is 4.05. The van der Waals surface area contributed by atoms with Gasteiger partial charge in [0.05, 0.1) is 6.54 Å². The minimum Gasteiger partial charge on any atom is -0.336 e. The first-order chi connectivity index (χ1) is 11.8. The number of carbonyl (C=O) groups is 2. The van der Waals surface area contributed by atoms with Crippen LogP contribution in [0.5, 0.6) is 0 Å². The molecule has 2 bridgehead atoms. The van der Waals surface area contributed by atoms with E-state index < -0.39 is 0 Å². The standard InChI is InChI=1S/C21H30N2O2/c1-13-7-14(2)21(15(3)8-13)22-19(24)12-23(4)20(25)11-18-10-16-5-6-17(18)9-16/h7-8,16-18H,5-6,9-12H2,1-4H3,(H,22,24)/t16-,17-,18+/m1/s1. The second kappa shape index (κ2) is 7.19. The van der Waals surface area contributed by atoms with Crippen molar-refractivity contribution in [1.82, 2.24) is 4.90 Å². The van der Waals surface area contributed by atoms with E-state index in [2.05, 4.69) is 17.4 Å².